The molecule has 6 nitrogen and oxygen atoms in total. The normalized spacial score (nSPS) is 10.4. The van der Waals surface area contributed by atoms with Crippen molar-refractivity contribution < 1.29 is 4.92 Å². The van der Waals surface area contributed by atoms with E-state index in [0.717, 1.165) is 0 Å². The van der Waals surface area contributed by atoms with Crippen molar-refractivity contribution in [2.45, 2.75) is 13.5 Å². The standard InChI is InChI=1S/C14H14BrN3O3/c1-2-16-12-6-5-10(8-13(12)18(20)21)9-17-7-3-4-11(15)14(17)19/h3-8,16H,2,9H2,1H3. The third-order valence-corrected chi connectivity index (χ3v) is 3.56. The van der Waals surface area contributed by atoms with Gasteiger partial charge in [0.05, 0.1) is 15.9 Å². The highest BCUT2D eigenvalue weighted by Gasteiger charge is 2.14. The molecule has 0 saturated carbocycles. The lowest BCUT2D eigenvalue weighted by Crippen LogP contribution is -2.20. The second kappa shape index (κ2) is 6.53. The van der Waals surface area contributed by atoms with Gasteiger partial charge in [0.1, 0.15) is 5.69 Å². The minimum atomic E-state index is -0.425. The fourth-order valence-corrected chi connectivity index (χ4v) is 2.38. The molecule has 1 N–H and O–H groups in total. The largest absolute Gasteiger partial charge is 0.380 e. The number of benzene rings is 1. The van der Waals surface area contributed by atoms with Crippen molar-refractivity contribution in [1.82, 2.24) is 4.57 Å². The smallest absolute Gasteiger partial charge is 0.292 e. The Labute approximate surface area is 129 Å². The van der Waals surface area contributed by atoms with Gasteiger partial charge < -0.3 is 9.88 Å². The maximum absolute atomic E-state index is 11.9. The number of rotatable bonds is 5. The van der Waals surface area contributed by atoms with Crippen LogP contribution in [0.1, 0.15) is 12.5 Å². The summed E-state index contributed by atoms with van der Waals surface area (Å²) in [4.78, 5) is 22.6. The Kier molecular flexibility index (Phi) is 4.74. The van der Waals surface area contributed by atoms with Crippen LogP contribution in [0.4, 0.5) is 11.4 Å². The van der Waals surface area contributed by atoms with Crippen molar-refractivity contribution in [2.24, 2.45) is 0 Å². The summed E-state index contributed by atoms with van der Waals surface area (Å²) in [5, 5.41) is 14.1. The second-order valence-electron chi connectivity index (χ2n) is 4.43. The summed E-state index contributed by atoms with van der Waals surface area (Å²) < 4.78 is 1.96. The first kappa shape index (κ1) is 15.2. The van der Waals surface area contributed by atoms with E-state index >= 15 is 0 Å². The zero-order valence-corrected chi connectivity index (χ0v) is 13.0. The van der Waals surface area contributed by atoms with Gasteiger partial charge in [-0.3, -0.25) is 14.9 Å². The Morgan fingerprint density at radius 2 is 2.14 bits per heavy atom. The van der Waals surface area contributed by atoms with E-state index in [2.05, 4.69) is 21.2 Å². The highest BCUT2D eigenvalue weighted by molar-refractivity contribution is 9.10. The van der Waals surface area contributed by atoms with Crippen LogP contribution in [0.15, 0.2) is 45.8 Å². The molecular weight excluding hydrogens is 338 g/mol. The molecule has 0 saturated heterocycles. The number of hydrogen-bond donors (Lipinski definition) is 1. The minimum Gasteiger partial charge on any atom is -0.380 e. The molecule has 2 aromatic rings. The van der Waals surface area contributed by atoms with Crippen LogP contribution in [0.2, 0.25) is 0 Å². The fourth-order valence-electron chi connectivity index (χ4n) is 2.00. The summed E-state index contributed by atoms with van der Waals surface area (Å²) in [6.07, 6.45) is 1.65. The van der Waals surface area contributed by atoms with Crippen molar-refractivity contribution in [3.05, 3.63) is 67.0 Å². The topological polar surface area (TPSA) is 77.2 Å². The predicted octanol–water partition coefficient (Wildman–Crippen LogP) is 3.00. The zero-order valence-electron chi connectivity index (χ0n) is 11.4. The molecule has 0 fully saturated rings. The SMILES string of the molecule is CCNc1ccc(Cn2cccc(Br)c2=O)cc1[N+](=O)[O-]. The summed E-state index contributed by atoms with van der Waals surface area (Å²) in [5.41, 5.74) is 1.02. The van der Waals surface area contributed by atoms with E-state index in [1.807, 2.05) is 6.92 Å². The van der Waals surface area contributed by atoms with Crippen molar-refractivity contribution in [3.8, 4) is 0 Å². The maximum Gasteiger partial charge on any atom is 0.292 e. The molecular formula is C14H14BrN3O3. The number of nitro groups is 1. The first-order valence-corrected chi connectivity index (χ1v) is 7.18. The quantitative estimate of drug-likeness (QED) is 0.663. The third-order valence-electron chi connectivity index (χ3n) is 2.95. The molecule has 0 radical (unpaired) electrons. The van der Waals surface area contributed by atoms with Crippen molar-refractivity contribution >= 4 is 27.3 Å². The molecule has 21 heavy (non-hydrogen) atoms. The van der Waals surface area contributed by atoms with E-state index in [-0.39, 0.29) is 17.8 Å². The lowest BCUT2D eigenvalue weighted by atomic mass is 10.1. The summed E-state index contributed by atoms with van der Waals surface area (Å²) in [6.45, 7) is 2.76. The van der Waals surface area contributed by atoms with Crippen molar-refractivity contribution in [1.29, 1.82) is 0 Å². The number of hydrogen-bond acceptors (Lipinski definition) is 4. The number of pyridine rings is 1. The highest BCUT2D eigenvalue weighted by atomic mass is 79.9. The molecule has 0 unspecified atom stereocenters. The average Bonchev–Trinajstić information content (AvgIpc) is 2.45. The van der Waals surface area contributed by atoms with Crippen molar-refractivity contribution in [2.75, 3.05) is 11.9 Å². The van der Waals surface area contributed by atoms with Gasteiger partial charge in [-0.05, 0) is 46.6 Å². The van der Waals surface area contributed by atoms with Crippen LogP contribution in [-0.2, 0) is 6.54 Å². The van der Waals surface area contributed by atoms with Crippen LogP contribution in [0, 0.1) is 10.1 Å². The zero-order chi connectivity index (χ0) is 15.4. The van der Waals surface area contributed by atoms with Crippen LogP contribution in [0.5, 0.6) is 0 Å². The van der Waals surface area contributed by atoms with Crippen LogP contribution < -0.4 is 10.9 Å². The third kappa shape index (κ3) is 3.49. The first-order chi connectivity index (χ1) is 10.0. The van der Waals surface area contributed by atoms with Gasteiger partial charge in [0.2, 0.25) is 0 Å². The van der Waals surface area contributed by atoms with Gasteiger partial charge in [-0.15, -0.1) is 0 Å². The number of halogens is 1. The molecule has 1 aromatic carbocycles. The van der Waals surface area contributed by atoms with Gasteiger partial charge in [0.25, 0.3) is 11.2 Å². The van der Waals surface area contributed by atoms with Gasteiger partial charge in [0.15, 0.2) is 0 Å². The summed E-state index contributed by atoms with van der Waals surface area (Å²) >= 11 is 3.18. The fraction of sp³-hybridized carbons (Fsp3) is 0.214. The van der Waals surface area contributed by atoms with Crippen LogP contribution in [-0.4, -0.2) is 16.0 Å². The minimum absolute atomic E-state index is 0.0115. The molecule has 0 amide bonds. The Morgan fingerprint density at radius 1 is 1.38 bits per heavy atom. The van der Waals surface area contributed by atoms with Gasteiger partial charge in [-0.25, -0.2) is 0 Å². The first-order valence-electron chi connectivity index (χ1n) is 6.39. The molecule has 1 aromatic heterocycles. The molecule has 7 heteroatoms. The van der Waals surface area contributed by atoms with Crippen LogP contribution in [0.3, 0.4) is 0 Å². The molecule has 0 aliphatic carbocycles. The molecule has 0 aliphatic rings. The summed E-state index contributed by atoms with van der Waals surface area (Å²) in [5.74, 6) is 0. The van der Waals surface area contributed by atoms with E-state index in [4.69, 9.17) is 0 Å². The highest BCUT2D eigenvalue weighted by Crippen LogP contribution is 2.25. The molecule has 0 atom stereocenters. The average molecular weight is 352 g/mol. The van der Waals surface area contributed by atoms with Crippen molar-refractivity contribution in [3.63, 3.8) is 0 Å². The maximum atomic E-state index is 11.9. The Bertz CT molecular complexity index is 728. The number of aromatic nitrogens is 1. The molecule has 0 aliphatic heterocycles. The van der Waals surface area contributed by atoms with Gasteiger partial charge in [0, 0.05) is 18.8 Å². The molecule has 1 heterocycles. The Hall–Kier alpha value is -2.15. The van der Waals surface area contributed by atoms with E-state index < -0.39 is 4.92 Å². The van der Waals surface area contributed by atoms with Gasteiger partial charge >= 0.3 is 0 Å². The predicted molar refractivity (Wildman–Crippen MR) is 84.8 cm³/mol. The Balaban J connectivity index is 2.37. The number of nitro benzene ring substituents is 1. The monoisotopic (exact) mass is 351 g/mol. The van der Waals surface area contributed by atoms with Gasteiger partial charge in [-0.1, -0.05) is 6.07 Å². The Morgan fingerprint density at radius 3 is 2.81 bits per heavy atom. The molecule has 2 rings (SSSR count). The van der Waals surface area contributed by atoms with E-state index in [1.165, 1.54) is 10.6 Å². The van der Waals surface area contributed by atoms with Gasteiger partial charge in [-0.2, -0.15) is 0 Å². The lowest BCUT2D eigenvalue weighted by Gasteiger charge is -2.09. The van der Waals surface area contributed by atoms with Crippen LogP contribution in [0.25, 0.3) is 0 Å². The second-order valence-corrected chi connectivity index (χ2v) is 5.28. The van der Waals surface area contributed by atoms with E-state index in [0.29, 0.717) is 22.3 Å². The molecule has 0 spiro atoms. The number of nitrogens with zero attached hydrogens (tertiary/aromatic N) is 2. The molecule has 110 valence electrons. The van der Waals surface area contributed by atoms with Crippen LogP contribution >= 0.6 is 15.9 Å². The summed E-state index contributed by atoms with van der Waals surface area (Å²) in [7, 11) is 0. The number of nitrogens with one attached hydrogen (secondary N) is 1. The number of anilines is 1. The lowest BCUT2D eigenvalue weighted by molar-refractivity contribution is -0.384. The molecule has 0 bridgehead atoms. The summed E-state index contributed by atoms with van der Waals surface area (Å²) in [6, 6.07) is 8.34. The van der Waals surface area contributed by atoms with E-state index in [9.17, 15) is 14.9 Å². The van der Waals surface area contributed by atoms with E-state index in [1.54, 1.807) is 30.5 Å².